The summed E-state index contributed by atoms with van der Waals surface area (Å²) >= 11 is 0. The van der Waals surface area contributed by atoms with Gasteiger partial charge in [-0.2, -0.15) is 0 Å². The van der Waals surface area contributed by atoms with Gasteiger partial charge in [0, 0.05) is 37.9 Å². The quantitative estimate of drug-likeness (QED) is 0.837. The Kier molecular flexibility index (Phi) is 3.15. The van der Waals surface area contributed by atoms with Gasteiger partial charge in [-0.3, -0.25) is 0 Å². The molecule has 2 aromatic rings. The maximum absolute atomic E-state index is 14.1. The molecule has 0 N–H and O–H groups in total. The Morgan fingerprint density at radius 1 is 1.37 bits per heavy atom. The summed E-state index contributed by atoms with van der Waals surface area (Å²) in [7, 11) is 0. The van der Waals surface area contributed by atoms with Crippen LogP contribution in [0.2, 0.25) is 0 Å². The predicted octanol–water partition coefficient (Wildman–Crippen LogP) is 1.51. The molecule has 0 amide bonds. The van der Waals surface area contributed by atoms with E-state index < -0.39 is 0 Å². The highest BCUT2D eigenvalue weighted by atomic mass is 19.1. The lowest BCUT2D eigenvalue weighted by molar-refractivity contribution is 0.350. The molecule has 1 aliphatic heterocycles. The molecule has 6 heteroatoms. The molecule has 1 aliphatic rings. The van der Waals surface area contributed by atoms with E-state index in [4.69, 9.17) is 0 Å². The molecule has 0 saturated carbocycles. The summed E-state index contributed by atoms with van der Waals surface area (Å²) < 4.78 is 16.1. The Balaban J connectivity index is 1.64. The molecule has 1 fully saturated rings. The Morgan fingerprint density at radius 2 is 2.21 bits per heavy atom. The first-order valence-corrected chi connectivity index (χ1v) is 6.48. The van der Waals surface area contributed by atoms with E-state index in [9.17, 15) is 4.39 Å². The van der Waals surface area contributed by atoms with Crippen LogP contribution < -0.4 is 4.90 Å². The van der Waals surface area contributed by atoms with Crippen molar-refractivity contribution in [1.29, 1.82) is 0 Å². The number of aromatic nitrogens is 4. The molecule has 0 aromatic carbocycles. The SMILES string of the molecule is CCc1ncnc(N2CC(Cn3ccnc3)C2)c1F. The Hall–Kier alpha value is -1.98. The third kappa shape index (κ3) is 2.30. The standard InChI is InChI=1S/C13H16FN5/c1-2-11-12(14)13(17-8-16-11)19-6-10(7-19)5-18-4-3-15-9-18/h3-4,8-10H,2,5-7H2,1H3. The van der Waals surface area contributed by atoms with Crippen molar-refractivity contribution in [2.24, 2.45) is 5.92 Å². The maximum Gasteiger partial charge on any atom is 0.187 e. The van der Waals surface area contributed by atoms with Crippen LogP contribution in [0.25, 0.3) is 0 Å². The number of nitrogens with zero attached hydrogens (tertiary/aromatic N) is 5. The molecule has 0 bridgehead atoms. The van der Waals surface area contributed by atoms with Crippen molar-refractivity contribution < 1.29 is 4.39 Å². The topological polar surface area (TPSA) is 46.8 Å². The number of aryl methyl sites for hydroxylation is 1. The van der Waals surface area contributed by atoms with Crippen molar-refractivity contribution in [1.82, 2.24) is 19.5 Å². The molecule has 3 rings (SSSR count). The van der Waals surface area contributed by atoms with E-state index in [1.54, 1.807) is 6.20 Å². The fourth-order valence-corrected chi connectivity index (χ4v) is 2.41. The molecule has 0 spiro atoms. The van der Waals surface area contributed by atoms with Gasteiger partial charge >= 0.3 is 0 Å². The van der Waals surface area contributed by atoms with E-state index in [0.29, 0.717) is 23.9 Å². The van der Waals surface area contributed by atoms with Gasteiger partial charge in [0.25, 0.3) is 0 Å². The van der Waals surface area contributed by atoms with Gasteiger partial charge in [0.05, 0.1) is 12.0 Å². The van der Waals surface area contributed by atoms with Crippen molar-refractivity contribution in [3.8, 4) is 0 Å². The smallest absolute Gasteiger partial charge is 0.187 e. The molecule has 0 atom stereocenters. The summed E-state index contributed by atoms with van der Waals surface area (Å²) in [6.45, 7) is 4.47. The van der Waals surface area contributed by atoms with E-state index in [2.05, 4.69) is 19.5 Å². The van der Waals surface area contributed by atoms with Crippen LogP contribution in [0.5, 0.6) is 0 Å². The number of halogens is 1. The molecule has 0 aliphatic carbocycles. The number of imidazole rings is 1. The largest absolute Gasteiger partial charge is 0.353 e. The number of anilines is 1. The maximum atomic E-state index is 14.1. The summed E-state index contributed by atoms with van der Waals surface area (Å²) in [4.78, 5) is 14.0. The normalized spacial score (nSPS) is 15.6. The molecule has 5 nitrogen and oxygen atoms in total. The van der Waals surface area contributed by atoms with Crippen molar-refractivity contribution in [2.75, 3.05) is 18.0 Å². The lowest BCUT2D eigenvalue weighted by atomic mass is 10.00. The third-order valence-corrected chi connectivity index (χ3v) is 3.46. The van der Waals surface area contributed by atoms with Gasteiger partial charge in [-0.15, -0.1) is 0 Å². The zero-order valence-corrected chi connectivity index (χ0v) is 10.8. The number of hydrogen-bond acceptors (Lipinski definition) is 4. The average Bonchev–Trinajstić information content (AvgIpc) is 2.87. The van der Waals surface area contributed by atoms with Gasteiger partial charge in [0.1, 0.15) is 6.33 Å². The van der Waals surface area contributed by atoms with E-state index >= 15 is 0 Å². The van der Waals surface area contributed by atoms with Gasteiger partial charge in [-0.25, -0.2) is 19.3 Å². The predicted molar refractivity (Wildman–Crippen MR) is 69.3 cm³/mol. The number of hydrogen-bond donors (Lipinski definition) is 0. The molecule has 0 unspecified atom stereocenters. The van der Waals surface area contributed by atoms with Crippen LogP contribution in [0.3, 0.4) is 0 Å². The van der Waals surface area contributed by atoms with Crippen LogP contribution in [0.15, 0.2) is 25.0 Å². The minimum atomic E-state index is -0.272. The summed E-state index contributed by atoms with van der Waals surface area (Å²) in [6.07, 6.45) is 7.56. The zero-order valence-electron chi connectivity index (χ0n) is 10.8. The van der Waals surface area contributed by atoms with E-state index in [1.165, 1.54) is 6.33 Å². The minimum absolute atomic E-state index is 0.272. The fraction of sp³-hybridized carbons (Fsp3) is 0.462. The zero-order chi connectivity index (χ0) is 13.2. The highest BCUT2D eigenvalue weighted by Gasteiger charge is 2.30. The van der Waals surface area contributed by atoms with Crippen LogP contribution in [0, 0.1) is 11.7 Å². The average molecular weight is 261 g/mol. The van der Waals surface area contributed by atoms with Crippen molar-refractivity contribution in [3.05, 3.63) is 36.6 Å². The van der Waals surface area contributed by atoms with E-state index in [1.807, 2.05) is 24.3 Å². The molecule has 19 heavy (non-hydrogen) atoms. The van der Waals surface area contributed by atoms with Crippen LogP contribution >= 0.6 is 0 Å². The molecular formula is C13H16FN5. The van der Waals surface area contributed by atoms with Crippen LogP contribution in [0.4, 0.5) is 10.2 Å². The van der Waals surface area contributed by atoms with Crippen molar-refractivity contribution in [3.63, 3.8) is 0 Å². The first-order valence-electron chi connectivity index (χ1n) is 6.48. The first kappa shape index (κ1) is 12.1. The van der Waals surface area contributed by atoms with Gasteiger partial charge in [0.2, 0.25) is 0 Å². The van der Waals surface area contributed by atoms with Gasteiger partial charge in [-0.1, -0.05) is 6.92 Å². The Labute approximate surface area is 111 Å². The molecule has 2 aromatic heterocycles. The fourth-order valence-electron chi connectivity index (χ4n) is 2.41. The second kappa shape index (κ2) is 4.95. The third-order valence-electron chi connectivity index (χ3n) is 3.46. The van der Waals surface area contributed by atoms with Crippen LogP contribution in [-0.4, -0.2) is 32.6 Å². The van der Waals surface area contributed by atoms with E-state index in [-0.39, 0.29) is 5.82 Å². The van der Waals surface area contributed by atoms with Crippen molar-refractivity contribution in [2.45, 2.75) is 19.9 Å². The molecule has 3 heterocycles. The Bertz CT molecular complexity index is 548. The highest BCUT2D eigenvalue weighted by Crippen LogP contribution is 2.26. The summed E-state index contributed by atoms with van der Waals surface area (Å²) in [5.74, 6) is 0.688. The first-order chi connectivity index (χ1) is 9.28. The van der Waals surface area contributed by atoms with E-state index in [0.717, 1.165) is 19.6 Å². The van der Waals surface area contributed by atoms with Crippen LogP contribution in [0.1, 0.15) is 12.6 Å². The molecule has 100 valence electrons. The van der Waals surface area contributed by atoms with Crippen LogP contribution in [-0.2, 0) is 13.0 Å². The van der Waals surface area contributed by atoms with Gasteiger partial charge < -0.3 is 9.47 Å². The Morgan fingerprint density at radius 3 is 2.89 bits per heavy atom. The second-order valence-corrected chi connectivity index (χ2v) is 4.84. The van der Waals surface area contributed by atoms with Crippen molar-refractivity contribution >= 4 is 5.82 Å². The second-order valence-electron chi connectivity index (χ2n) is 4.84. The lowest BCUT2D eigenvalue weighted by Crippen LogP contribution is -2.49. The molecular weight excluding hydrogens is 245 g/mol. The van der Waals surface area contributed by atoms with Gasteiger partial charge in [0.15, 0.2) is 11.6 Å². The summed E-state index contributed by atoms with van der Waals surface area (Å²) in [5.41, 5.74) is 0.489. The highest BCUT2D eigenvalue weighted by molar-refractivity contribution is 5.43. The summed E-state index contributed by atoms with van der Waals surface area (Å²) in [5, 5.41) is 0. The summed E-state index contributed by atoms with van der Waals surface area (Å²) in [6, 6.07) is 0. The molecule has 0 radical (unpaired) electrons. The minimum Gasteiger partial charge on any atom is -0.353 e. The molecule has 1 saturated heterocycles. The monoisotopic (exact) mass is 261 g/mol. The number of rotatable bonds is 4. The lowest BCUT2D eigenvalue weighted by Gasteiger charge is -2.40. The van der Waals surface area contributed by atoms with Gasteiger partial charge in [-0.05, 0) is 6.42 Å².